The zero-order valence-corrected chi connectivity index (χ0v) is 14.8. The van der Waals surface area contributed by atoms with Gasteiger partial charge in [-0.25, -0.2) is 4.79 Å². The molecule has 0 unspecified atom stereocenters. The molecule has 0 radical (unpaired) electrons. The maximum atomic E-state index is 12.8. The van der Waals surface area contributed by atoms with Gasteiger partial charge in [0.15, 0.2) is 5.78 Å². The van der Waals surface area contributed by atoms with Gasteiger partial charge >= 0.3 is 5.63 Å². The molecule has 1 aromatic heterocycles. The Kier molecular flexibility index (Phi) is 3.48. The molecule has 1 aromatic carbocycles. The molecule has 0 saturated heterocycles. The van der Waals surface area contributed by atoms with Gasteiger partial charge in [-0.1, -0.05) is 19.9 Å². The van der Waals surface area contributed by atoms with Gasteiger partial charge in [0, 0.05) is 22.4 Å². The molecule has 0 spiro atoms. The van der Waals surface area contributed by atoms with Crippen molar-refractivity contribution in [3.63, 3.8) is 0 Å². The lowest BCUT2D eigenvalue weighted by atomic mass is 9.78. The number of allylic oxidation sites excluding steroid dienone is 1. The van der Waals surface area contributed by atoms with Gasteiger partial charge in [-0.3, -0.25) is 4.79 Å². The number of carbonyl (C=O) groups is 1. The number of fused-ring (bicyclic) bond motifs is 2. The minimum absolute atomic E-state index is 0.0490. The molecule has 3 rings (SSSR count). The van der Waals surface area contributed by atoms with E-state index >= 15 is 0 Å². The van der Waals surface area contributed by atoms with Crippen molar-refractivity contribution in [2.24, 2.45) is 0 Å². The quantitative estimate of drug-likeness (QED) is 0.609. The fraction of sp³-hybridized carbons (Fsp3) is 0.400. The van der Waals surface area contributed by atoms with Crippen molar-refractivity contribution in [1.82, 2.24) is 0 Å². The van der Waals surface area contributed by atoms with Crippen molar-refractivity contribution in [3.05, 3.63) is 51.9 Å². The number of ether oxygens (including phenoxy) is 1. The van der Waals surface area contributed by atoms with E-state index in [1.807, 2.05) is 34.6 Å². The average Bonchev–Trinajstić information content (AvgIpc) is 2.44. The summed E-state index contributed by atoms with van der Waals surface area (Å²) in [5.74, 6) is 0.563. The van der Waals surface area contributed by atoms with Crippen molar-refractivity contribution in [3.8, 4) is 5.75 Å². The molecular formula is C20H22O4. The van der Waals surface area contributed by atoms with E-state index in [1.54, 1.807) is 12.1 Å². The molecule has 0 atom stereocenters. The minimum atomic E-state index is -0.606. The summed E-state index contributed by atoms with van der Waals surface area (Å²) in [4.78, 5) is 24.6. The molecule has 1 aliphatic heterocycles. The van der Waals surface area contributed by atoms with Gasteiger partial charge in [0.05, 0.1) is 12.0 Å². The molecule has 0 fully saturated rings. The van der Waals surface area contributed by atoms with E-state index in [9.17, 15) is 9.59 Å². The maximum absolute atomic E-state index is 12.8. The number of rotatable bonds is 2. The summed E-state index contributed by atoms with van der Waals surface area (Å²) in [6, 6.07) is 3.09. The number of hydrogen-bond acceptors (Lipinski definition) is 4. The lowest BCUT2D eigenvalue weighted by Crippen LogP contribution is -2.38. The molecule has 0 bridgehead atoms. The Hall–Kier alpha value is -2.36. The highest BCUT2D eigenvalue weighted by atomic mass is 16.5. The maximum Gasteiger partial charge on any atom is 0.336 e. The molecule has 4 nitrogen and oxygen atoms in total. The molecule has 4 heteroatoms. The van der Waals surface area contributed by atoms with E-state index in [-0.39, 0.29) is 5.78 Å². The standard InChI is InChI=1S/C20H22O4/c1-7-19(3,4)16-17-12(8-9-14(22)23-17)11(2)15-13(21)10-20(5,6)24-18(15)16/h7-9H,1,10H2,2-6H3. The van der Waals surface area contributed by atoms with Crippen molar-refractivity contribution < 1.29 is 13.9 Å². The van der Waals surface area contributed by atoms with Gasteiger partial charge in [-0.2, -0.15) is 0 Å². The highest BCUT2D eigenvalue weighted by Gasteiger charge is 2.39. The van der Waals surface area contributed by atoms with Crippen LogP contribution in [0.15, 0.2) is 34.0 Å². The lowest BCUT2D eigenvalue weighted by molar-refractivity contribution is 0.0609. The summed E-state index contributed by atoms with van der Waals surface area (Å²) in [7, 11) is 0. The minimum Gasteiger partial charge on any atom is -0.486 e. The van der Waals surface area contributed by atoms with Crippen LogP contribution in [0.2, 0.25) is 0 Å². The van der Waals surface area contributed by atoms with E-state index in [0.29, 0.717) is 28.9 Å². The van der Waals surface area contributed by atoms with Crippen LogP contribution in [-0.4, -0.2) is 11.4 Å². The van der Waals surface area contributed by atoms with Crippen LogP contribution in [0.25, 0.3) is 11.0 Å². The topological polar surface area (TPSA) is 56.5 Å². The Morgan fingerprint density at radius 3 is 2.54 bits per heavy atom. The van der Waals surface area contributed by atoms with E-state index in [0.717, 1.165) is 10.9 Å². The Morgan fingerprint density at radius 2 is 1.92 bits per heavy atom. The van der Waals surface area contributed by atoms with E-state index in [2.05, 4.69) is 6.58 Å². The molecular weight excluding hydrogens is 304 g/mol. The van der Waals surface area contributed by atoms with Crippen LogP contribution < -0.4 is 10.4 Å². The third-order valence-electron chi connectivity index (χ3n) is 4.69. The molecule has 2 heterocycles. The Morgan fingerprint density at radius 1 is 1.25 bits per heavy atom. The molecule has 0 N–H and O–H groups in total. The second-order valence-corrected chi connectivity index (χ2v) is 7.59. The number of ketones is 1. The first-order valence-corrected chi connectivity index (χ1v) is 8.04. The fourth-order valence-corrected chi connectivity index (χ4v) is 3.34. The smallest absolute Gasteiger partial charge is 0.336 e. The third-order valence-corrected chi connectivity index (χ3v) is 4.69. The van der Waals surface area contributed by atoms with E-state index in [4.69, 9.17) is 9.15 Å². The van der Waals surface area contributed by atoms with Crippen LogP contribution in [-0.2, 0) is 5.41 Å². The zero-order chi connectivity index (χ0) is 17.9. The zero-order valence-electron chi connectivity index (χ0n) is 14.8. The summed E-state index contributed by atoms with van der Waals surface area (Å²) < 4.78 is 11.7. The van der Waals surface area contributed by atoms with Crippen molar-refractivity contribution >= 4 is 16.8 Å². The van der Waals surface area contributed by atoms with Crippen LogP contribution in [0, 0.1) is 6.92 Å². The highest BCUT2D eigenvalue weighted by molar-refractivity contribution is 6.07. The van der Waals surface area contributed by atoms with Crippen LogP contribution >= 0.6 is 0 Å². The Labute approximate surface area is 141 Å². The normalized spacial score (nSPS) is 16.6. The summed E-state index contributed by atoms with van der Waals surface area (Å²) in [6.45, 7) is 13.5. The number of hydrogen-bond donors (Lipinski definition) is 0. The summed E-state index contributed by atoms with van der Waals surface area (Å²) in [5.41, 5.74) is 0.977. The Bertz CT molecular complexity index is 929. The summed E-state index contributed by atoms with van der Waals surface area (Å²) in [6.07, 6.45) is 2.09. The van der Waals surface area contributed by atoms with E-state index in [1.165, 1.54) is 6.07 Å². The van der Waals surface area contributed by atoms with Crippen molar-refractivity contribution in [2.45, 2.75) is 52.1 Å². The van der Waals surface area contributed by atoms with Gasteiger partial charge in [0.2, 0.25) is 0 Å². The molecule has 2 aromatic rings. The summed E-state index contributed by atoms with van der Waals surface area (Å²) in [5, 5.41) is 0.759. The van der Waals surface area contributed by atoms with Gasteiger partial charge < -0.3 is 9.15 Å². The highest BCUT2D eigenvalue weighted by Crippen LogP contribution is 2.47. The number of carbonyl (C=O) groups excluding carboxylic acids is 1. The van der Waals surface area contributed by atoms with Crippen LogP contribution in [0.1, 0.15) is 55.6 Å². The largest absolute Gasteiger partial charge is 0.486 e. The number of Topliss-reactive ketones (excluding diaryl/α,β-unsaturated/α-hetero) is 1. The molecule has 0 aliphatic carbocycles. The molecule has 126 valence electrons. The molecule has 24 heavy (non-hydrogen) atoms. The van der Waals surface area contributed by atoms with Gasteiger partial charge in [0.25, 0.3) is 0 Å². The number of benzene rings is 1. The first-order valence-electron chi connectivity index (χ1n) is 8.04. The third kappa shape index (κ3) is 2.37. The molecule has 0 amide bonds. The van der Waals surface area contributed by atoms with Crippen LogP contribution in [0.5, 0.6) is 5.75 Å². The average molecular weight is 326 g/mol. The molecule has 1 aliphatic rings. The van der Waals surface area contributed by atoms with Crippen molar-refractivity contribution in [1.29, 1.82) is 0 Å². The van der Waals surface area contributed by atoms with E-state index < -0.39 is 16.6 Å². The first kappa shape index (κ1) is 16.5. The predicted octanol–water partition coefficient (Wildman–Crippen LogP) is 4.31. The first-order chi connectivity index (χ1) is 11.1. The van der Waals surface area contributed by atoms with Gasteiger partial charge in [-0.15, -0.1) is 6.58 Å². The second-order valence-electron chi connectivity index (χ2n) is 7.59. The van der Waals surface area contributed by atoms with Crippen molar-refractivity contribution in [2.75, 3.05) is 0 Å². The molecule has 0 saturated carbocycles. The second kappa shape index (κ2) is 5.07. The van der Waals surface area contributed by atoms with Crippen LogP contribution in [0.3, 0.4) is 0 Å². The Balaban J connectivity index is 2.56. The fourth-order valence-electron chi connectivity index (χ4n) is 3.34. The van der Waals surface area contributed by atoms with Gasteiger partial charge in [-0.05, 0) is 32.4 Å². The predicted molar refractivity (Wildman–Crippen MR) is 94.1 cm³/mol. The lowest BCUT2D eigenvalue weighted by Gasteiger charge is -2.36. The van der Waals surface area contributed by atoms with Crippen LogP contribution in [0.4, 0.5) is 0 Å². The number of aryl methyl sites for hydroxylation is 1. The van der Waals surface area contributed by atoms with Gasteiger partial charge in [0.1, 0.15) is 16.9 Å². The SMILES string of the molecule is C=CC(C)(C)c1c2c(c(C)c3ccc(=O)oc13)C(=O)CC(C)(C)O2. The summed E-state index contributed by atoms with van der Waals surface area (Å²) >= 11 is 0. The monoisotopic (exact) mass is 326 g/mol.